The van der Waals surface area contributed by atoms with Crippen molar-refractivity contribution in [3.63, 3.8) is 0 Å². The number of nitrogens with one attached hydrogen (secondary N) is 4. The number of ether oxygens (including phenoxy) is 2. The first-order chi connectivity index (χ1) is 25.8. The monoisotopic (exact) mass is 761 g/mol. The Bertz CT molecular complexity index is 1720. The summed E-state index contributed by atoms with van der Waals surface area (Å²) in [6.07, 6.45) is 1.12. The van der Waals surface area contributed by atoms with Gasteiger partial charge in [0, 0.05) is 35.5 Å². The molecule has 3 aromatic rings. The maximum absolute atomic E-state index is 14.2. The van der Waals surface area contributed by atoms with E-state index in [1.54, 1.807) is 18.3 Å². The Morgan fingerprint density at radius 1 is 0.741 bits per heavy atom. The molecule has 4 amide bonds. The molecule has 4 N–H and O–H groups in total. The number of carbonyl (C=O) groups excluding carboxylic acids is 5. The van der Waals surface area contributed by atoms with E-state index in [0.717, 1.165) is 20.5 Å². The lowest BCUT2D eigenvalue weighted by atomic mass is 9.93. The molecule has 2 aromatic carbocycles. The molecule has 2 saturated heterocycles. The number of rotatable bonds is 19. The summed E-state index contributed by atoms with van der Waals surface area (Å²) in [6, 6.07) is 15.5. The van der Waals surface area contributed by atoms with E-state index in [0.29, 0.717) is 45.8 Å². The van der Waals surface area contributed by atoms with Crippen LogP contribution in [0.15, 0.2) is 60.7 Å². The summed E-state index contributed by atoms with van der Waals surface area (Å²) in [5.74, 6) is -1.89. The van der Waals surface area contributed by atoms with Gasteiger partial charge in [-0.05, 0) is 54.7 Å². The van der Waals surface area contributed by atoms with Crippen LogP contribution < -0.4 is 21.3 Å². The Labute approximate surface area is 322 Å². The highest BCUT2D eigenvalue weighted by atomic mass is 32.1. The summed E-state index contributed by atoms with van der Waals surface area (Å²) in [4.78, 5) is 71.9. The number of amides is 4. The first kappa shape index (κ1) is 41.0. The average molecular weight is 762 g/mol. The Kier molecular flexibility index (Phi) is 14.4. The smallest absolute Gasteiger partial charge is 0.243 e. The molecule has 0 unspecified atom stereocenters. The molecule has 1 aromatic heterocycles. The summed E-state index contributed by atoms with van der Waals surface area (Å²) < 4.78 is 11.9. The molecule has 13 heteroatoms. The summed E-state index contributed by atoms with van der Waals surface area (Å²) in [7, 11) is 0. The number of fused-ring (bicyclic) bond motifs is 1. The largest absolute Gasteiger partial charge is 0.379 e. The number of thiophene rings is 1. The van der Waals surface area contributed by atoms with E-state index in [2.05, 4.69) is 21.3 Å². The van der Waals surface area contributed by atoms with E-state index in [9.17, 15) is 24.0 Å². The SMILES string of the molecule is CC(C)C[C@H](NC(=O)[C@H](Cc1cc2ccccc2s1)NC(=O)CN1CCOCC1)C(=O)N[C@@H](Cc1ccccc1)C(=O)N[C@@H](CC(C)C)C(=O)[C@@]1(C)CO1. The molecule has 2 aliphatic heterocycles. The van der Waals surface area contributed by atoms with Crippen LogP contribution >= 0.6 is 11.3 Å². The van der Waals surface area contributed by atoms with Gasteiger partial charge in [0.05, 0.1) is 32.4 Å². The Balaban J connectivity index is 1.35. The van der Waals surface area contributed by atoms with Gasteiger partial charge in [0.2, 0.25) is 23.6 Å². The molecule has 54 heavy (non-hydrogen) atoms. The second-order valence-corrected chi connectivity index (χ2v) is 16.6. The molecule has 0 saturated carbocycles. The summed E-state index contributed by atoms with van der Waals surface area (Å²) in [5.41, 5.74) is -0.111. The third-order valence-corrected chi connectivity index (χ3v) is 10.8. The van der Waals surface area contributed by atoms with Crippen LogP contribution in [0.3, 0.4) is 0 Å². The minimum Gasteiger partial charge on any atom is -0.379 e. The molecule has 2 aliphatic rings. The van der Waals surface area contributed by atoms with Crippen molar-refractivity contribution in [2.24, 2.45) is 11.8 Å². The lowest BCUT2D eigenvalue weighted by molar-refractivity contribution is -0.135. The number of nitrogens with zero attached hydrogens (tertiary/aromatic N) is 1. The van der Waals surface area contributed by atoms with Gasteiger partial charge in [0.15, 0.2) is 5.78 Å². The van der Waals surface area contributed by atoms with Gasteiger partial charge >= 0.3 is 0 Å². The molecule has 2 fully saturated rings. The molecule has 0 bridgehead atoms. The van der Waals surface area contributed by atoms with Crippen LogP contribution in [0.4, 0.5) is 0 Å². The van der Waals surface area contributed by atoms with Crippen LogP contribution in [0.5, 0.6) is 0 Å². The van der Waals surface area contributed by atoms with Gasteiger partial charge in [0.25, 0.3) is 0 Å². The fourth-order valence-electron chi connectivity index (χ4n) is 6.65. The minimum absolute atomic E-state index is 0.00624. The highest BCUT2D eigenvalue weighted by Crippen LogP contribution is 2.30. The zero-order valence-corrected chi connectivity index (χ0v) is 32.8. The van der Waals surface area contributed by atoms with Gasteiger partial charge < -0.3 is 30.7 Å². The van der Waals surface area contributed by atoms with Crippen LogP contribution in [-0.4, -0.2) is 104 Å². The third kappa shape index (κ3) is 11.9. The Morgan fingerprint density at radius 2 is 1.30 bits per heavy atom. The van der Waals surface area contributed by atoms with Crippen molar-refractivity contribution in [1.82, 2.24) is 26.2 Å². The van der Waals surface area contributed by atoms with Crippen LogP contribution in [-0.2, 0) is 46.3 Å². The molecule has 3 heterocycles. The predicted molar refractivity (Wildman–Crippen MR) is 209 cm³/mol. The van der Waals surface area contributed by atoms with Crippen molar-refractivity contribution in [2.45, 2.75) is 90.1 Å². The zero-order valence-electron chi connectivity index (χ0n) is 32.0. The lowest BCUT2D eigenvalue weighted by Gasteiger charge is -2.29. The van der Waals surface area contributed by atoms with Crippen molar-refractivity contribution in [3.05, 3.63) is 71.1 Å². The number of carbonyl (C=O) groups is 5. The van der Waals surface area contributed by atoms with Crippen LogP contribution in [0.2, 0.25) is 0 Å². The third-order valence-electron chi connectivity index (χ3n) is 9.70. The van der Waals surface area contributed by atoms with Gasteiger partial charge in [-0.2, -0.15) is 0 Å². The molecular formula is C41H55N5O7S. The fourth-order valence-corrected chi connectivity index (χ4v) is 7.76. The number of epoxide rings is 1. The predicted octanol–water partition coefficient (Wildman–Crippen LogP) is 3.41. The first-order valence-electron chi connectivity index (χ1n) is 19.0. The number of hydrogen-bond acceptors (Lipinski definition) is 9. The molecular weight excluding hydrogens is 707 g/mol. The number of benzene rings is 2. The molecule has 292 valence electrons. The van der Waals surface area contributed by atoms with E-state index >= 15 is 0 Å². The van der Waals surface area contributed by atoms with Gasteiger partial charge in [-0.3, -0.25) is 28.9 Å². The molecule has 12 nitrogen and oxygen atoms in total. The van der Waals surface area contributed by atoms with Gasteiger partial charge in [0.1, 0.15) is 23.7 Å². The van der Waals surface area contributed by atoms with Gasteiger partial charge in [-0.15, -0.1) is 11.3 Å². The van der Waals surface area contributed by atoms with Crippen molar-refractivity contribution in [3.8, 4) is 0 Å². The van der Waals surface area contributed by atoms with E-state index < -0.39 is 47.5 Å². The maximum atomic E-state index is 14.2. The highest BCUT2D eigenvalue weighted by Gasteiger charge is 2.50. The molecule has 0 radical (unpaired) electrons. The van der Waals surface area contributed by atoms with E-state index in [1.807, 2.05) is 93.3 Å². The van der Waals surface area contributed by atoms with E-state index in [4.69, 9.17) is 9.47 Å². The second kappa shape index (κ2) is 18.9. The molecule has 0 aliphatic carbocycles. The minimum atomic E-state index is -1.04. The van der Waals surface area contributed by atoms with Crippen molar-refractivity contribution >= 4 is 50.8 Å². The second-order valence-electron chi connectivity index (χ2n) is 15.5. The maximum Gasteiger partial charge on any atom is 0.243 e. The van der Waals surface area contributed by atoms with E-state index in [-0.39, 0.29) is 42.9 Å². The average Bonchev–Trinajstić information content (AvgIpc) is 3.75. The molecule has 5 rings (SSSR count). The fraction of sp³-hybridized carbons (Fsp3) is 0.537. The topological polar surface area (TPSA) is 158 Å². The number of hydrogen-bond donors (Lipinski definition) is 4. The lowest BCUT2D eigenvalue weighted by Crippen LogP contribution is -2.59. The summed E-state index contributed by atoms with van der Waals surface area (Å²) >= 11 is 1.56. The quantitative estimate of drug-likeness (QED) is 0.136. The van der Waals surface area contributed by atoms with Crippen molar-refractivity contribution in [1.29, 1.82) is 0 Å². The van der Waals surface area contributed by atoms with Crippen molar-refractivity contribution in [2.75, 3.05) is 39.5 Å². The number of ketones is 1. The normalized spacial score (nSPS) is 19.5. The van der Waals surface area contributed by atoms with Gasteiger partial charge in [-0.25, -0.2) is 0 Å². The zero-order chi connectivity index (χ0) is 38.8. The Morgan fingerprint density at radius 3 is 1.93 bits per heavy atom. The van der Waals surface area contributed by atoms with Gasteiger partial charge in [-0.1, -0.05) is 76.2 Å². The molecule has 5 atom stereocenters. The first-order valence-corrected chi connectivity index (χ1v) is 19.8. The summed E-state index contributed by atoms with van der Waals surface area (Å²) in [6.45, 7) is 12.3. The standard InChI is InChI=1S/C41H55N5O7S/c1-26(2)19-31(37(48)41(5)25-53-41)43-39(50)33(21-28-11-7-6-8-12-28)45-38(49)32(20-27(3)4)44-40(51)34(42-36(47)24-46-15-17-52-18-16-46)23-30-22-29-13-9-10-14-35(29)54-30/h6-14,22,26-27,31-34H,15-21,23-25H2,1-5H3,(H,42,47)(H,43,50)(H,44,51)(H,45,49)/t31-,32-,33-,34-,41+/m0/s1. The van der Waals surface area contributed by atoms with Crippen LogP contribution in [0, 0.1) is 11.8 Å². The van der Waals surface area contributed by atoms with Crippen LogP contribution in [0.1, 0.15) is 57.9 Å². The Hall–Kier alpha value is -4.17. The number of morpholine rings is 1. The molecule has 0 spiro atoms. The van der Waals surface area contributed by atoms with E-state index in [1.165, 1.54) is 0 Å². The summed E-state index contributed by atoms with van der Waals surface area (Å²) in [5, 5.41) is 12.8. The number of Topliss-reactive ketones (excluding diaryl/α,β-unsaturated/α-hetero) is 1. The van der Waals surface area contributed by atoms with Crippen molar-refractivity contribution < 1.29 is 33.4 Å². The highest BCUT2D eigenvalue weighted by molar-refractivity contribution is 7.19. The van der Waals surface area contributed by atoms with Crippen LogP contribution in [0.25, 0.3) is 10.1 Å².